The Hall–Kier alpha value is -1.00. The second-order valence-corrected chi connectivity index (χ2v) is 9.67. The molecule has 2 fully saturated rings. The Morgan fingerprint density at radius 3 is 2.62 bits per heavy atom. The molecule has 26 heavy (non-hydrogen) atoms. The molecular formula is C17H23BrN2O5S. The van der Waals surface area contributed by atoms with Crippen LogP contribution in [-0.2, 0) is 19.5 Å². The molecule has 0 bridgehead atoms. The average molecular weight is 447 g/mol. The Kier molecular flexibility index (Phi) is 6.03. The van der Waals surface area contributed by atoms with Crippen LogP contribution >= 0.6 is 15.9 Å². The minimum Gasteiger partial charge on any atom is -0.350 e. The monoisotopic (exact) mass is 446 g/mol. The molecule has 144 valence electrons. The van der Waals surface area contributed by atoms with Gasteiger partial charge in [-0.05, 0) is 47.0 Å². The summed E-state index contributed by atoms with van der Waals surface area (Å²) in [6.45, 7) is 2.38. The Labute approximate surface area is 162 Å². The minimum absolute atomic E-state index is 0.0874. The van der Waals surface area contributed by atoms with Crippen molar-refractivity contribution < 1.29 is 22.7 Å². The zero-order valence-electron chi connectivity index (χ0n) is 14.9. The number of benzene rings is 1. The van der Waals surface area contributed by atoms with E-state index in [0.29, 0.717) is 36.3 Å². The summed E-state index contributed by atoms with van der Waals surface area (Å²) in [4.78, 5) is 14.8. The van der Waals surface area contributed by atoms with Gasteiger partial charge in [-0.1, -0.05) is 0 Å². The standard InChI is InChI=1S/C17H23BrN2O5S/c1-19(2)26(22,23)15-10-12(5-6-14(15)18)16(21)20-7-3-4-13(11-20)17-24-8-9-25-17/h5-6,10,13,17H,3-4,7-9,11H2,1-2H3. The van der Waals surface area contributed by atoms with Gasteiger partial charge in [-0.3, -0.25) is 4.79 Å². The molecule has 0 radical (unpaired) electrons. The molecule has 2 aliphatic rings. The third kappa shape index (κ3) is 3.96. The Bertz CT molecular complexity index is 777. The summed E-state index contributed by atoms with van der Waals surface area (Å²) in [6.07, 6.45) is 1.58. The van der Waals surface area contributed by atoms with Crippen molar-refractivity contribution in [1.82, 2.24) is 9.21 Å². The maximum atomic E-state index is 12.9. The molecule has 9 heteroatoms. The van der Waals surface area contributed by atoms with E-state index in [1.54, 1.807) is 17.0 Å². The predicted octanol–water partition coefficient (Wildman–Crippen LogP) is 1.92. The fraction of sp³-hybridized carbons (Fsp3) is 0.588. The molecule has 7 nitrogen and oxygen atoms in total. The van der Waals surface area contributed by atoms with Gasteiger partial charge in [-0.2, -0.15) is 0 Å². The molecule has 0 aromatic heterocycles. The first-order chi connectivity index (χ1) is 12.3. The average Bonchev–Trinajstić information content (AvgIpc) is 3.16. The Balaban J connectivity index is 1.81. The number of amides is 1. The number of hydrogen-bond donors (Lipinski definition) is 0. The van der Waals surface area contributed by atoms with Crippen LogP contribution in [0.2, 0.25) is 0 Å². The van der Waals surface area contributed by atoms with Crippen molar-refractivity contribution in [3.8, 4) is 0 Å². The fourth-order valence-corrected chi connectivity index (χ4v) is 5.12. The van der Waals surface area contributed by atoms with Gasteiger partial charge in [-0.15, -0.1) is 0 Å². The van der Waals surface area contributed by atoms with Crippen LogP contribution in [0, 0.1) is 5.92 Å². The third-order valence-electron chi connectivity index (χ3n) is 4.71. The van der Waals surface area contributed by atoms with Gasteiger partial charge in [0.05, 0.1) is 18.1 Å². The van der Waals surface area contributed by atoms with Gasteiger partial charge >= 0.3 is 0 Å². The number of carbonyl (C=O) groups excluding carboxylic acids is 1. The molecular weight excluding hydrogens is 424 g/mol. The topological polar surface area (TPSA) is 76.2 Å². The van der Waals surface area contributed by atoms with Crippen LogP contribution in [0.3, 0.4) is 0 Å². The quantitative estimate of drug-likeness (QED) is 0.705. The Morgan fingerprint density at radius 1 is 1.27 bits per heavy atom. The van der Waals surface area contributed by atoms with Gasteiger partial charge in [0.1, 0.15) is 0 Å². The Morgan fingerprint density at radius 2 is 1.96 bits per heavy atom. The van der Waals surface area contributed by atoms with Crippen molar-refractivity contribution in [2.45, 2.75) is 24.0 Å². The molecule has 1 amide bonds. The smallest absolute Gasteiger partial charge is 0.253 e. The highest BCUT2D eigenvalue weighted by Gasteiger charge is 2.33. The molecule has 0 aliphatic carbocycles. The summed E-state index contributed by atoms with van der Waals surface area (Å²) in [6, 6.07) is 4.69. The normalized spacial score (nSPS) is 22.2. The van der Waals surface area contributed by atoms with Gasteiger partial charge in [0.25, 0.3) is 5.91 Å². The van der Waals surface area contributed by atoms with Crippen molar-refractivity contribution in [2.75, 3.05) is 40.4 Å². The van der Waals surface area contributed by atoms with Crippen LogP contribution in [0.1, 0.15) is 23.2 Å². The summed E-state index contributed by atoms with van der Waals surface area (Å²) in [5.41, 5.74) is 0.363. The molecule has 1 aromatic carbocycles. The predicted molar refractivity (Wildman–Crippen MR) is 99.3 cm³/mol. The van der Waals surface area contributed by atoms with Crippen molar-refractivity contribution in [3.05, 3.63) is 28.2 Å². The number of sulfonamides is 1. The van der Waals surface area contributed by atoms with E-state index in [2.05, 4.69) is 15.9 Å². The van der Waals surface area contributed by atoms with E-state index < -0.39 is 10.0 Å². The number of likely N-dealkylation sites (tertiary alicyclic amines) is 1. The number of carbonyl (C=O) groups is 1. The van der Waals surface area contributed by atoms with Gasteiger partial charge in [0.15, 0.2) is 6.29 Å². The highest BCUT2D eigenvalue weighted by molar-refractivity contribution is 9.10. The molecule has 1 aromatic rings. The molecule has 2 aliphatic heterocycles. The number of ether oxygens (including phenoxy) is 2. The van der Waals surface area contributed by atoms with E-state index in [0.717, 1.165) is 17.1 Å². The third-order valence-corrected chi connectivity index (χ3v) is 7.52. The van der Waals surface area contributed by atoms with E-state index in [4.69, 9.17) is 9.47 Å². The molecule has 2 heterocycles. The fourth-order valence-electron chi connectivity index (χ4n) is 3.28. The maximum Gasteiger partial charge on any atom is 0.253 e. The first-order valence-electron chi connectivity index (χ1n) is 8.55. The van der Waals surface area contributed by atoms with Gasteiger partial charge in [0, 0.05) is 43.1 Å². The minimum atomic E-state index is -3.64. The number of nitrogens with zero attached hydrogens (tertiary/aromatic N) is 2. The highest BCUT2D eigenvalue weighted by Crippen LogP contribution is 2.28. The van der Waals surface area contributed by atoms with Crippen LogP contribution < -0.4 is 0 Å². The molecule has 1 unspecified atom stereocenters. The lowest BCUT2D eigenvalue weighted by Gasteiger charge is -2.34. The maximum absolute atomic E-state index is 12.9. The van der Waals surface area contributed by atoms with E-state index in [-0.39, 0.29) is 23.0 Å². The zero-order valence-corrected chi connectivity index (χ0v) is 17.3. The summed E-state index contributed by atoms with van der Waals surface area (Å²) in [7, 11) is -0.712. The first kappa shape index (κ1) is 19.8. The second kappa shape index (κ2) is 7.93. The molecule has 0 N–H and O–H groups in total. The van der Waals surface area contributed by atoms with Crippen LogP contribution in [0.25, 0.3) is 0 Å². The van der Waals surface area contributed by atoms with E-state index in [1.165, 1.54) is 20.2 Å². The van der Waals surface area contributed by atoms with Crippen molar-refractivity contribution in [2.24, 2.45) is 5.92 Å². The zero-order chi connectivity index (χ0) is 18.9. The summed E-state index contributed by atoms with van der Waals surface area (Å²) < 4.78 is 37.7. The van der Waals surface area contributed by atoms with Crippen molar-refractivity contribution >= 4 is 31.9 Å². The second-order valence-electron chi connectivity index (χ2n) is 6.70. The SMILES string of the molecule is CN(C)S(=O)(=O)c1cc(C(=O)N2CCCC(C3OCCO3)C2)ccc1Br. The molecule has 0 spiro atoms. The number of halogens is 1. The number of hydrogen-bond acceptors (Lipinski definition) is 5. The van der Waals surface area contributed by atoms with Crippen LogP contribution in [0.5, 0.6) is 0 Å². The van der Waals surface area contributed by atoms with Gasteiger partial charge in [-0.25, -0.2) is 12.7 Å². The number of rotatable bonds is 4. The van der Waals surface area contributed by atoms with E-state index >= 15 is 0 Å². The largest absolute Gasteiger partial charge is 0.350 e. The van der Waals surface area contributed by atoms with Gasteiger partial charge < -0.3 is 14.4 Å². The van der Waals surface area contributed by atoms with E-state index in [9.17, 15) is 13.2 Å². The molecule has 2 saturated heterocycles. The van der Waals surface area contributed by atoms with E-state index in [1.807, 2.05) is 0 Å². The first-order valence-corrected chi connectivity index (χ1v) is 10.8. The lowest BCUT2D eigenvalue weighted by Crippen LogP contribution is -2.43. The van der Waals surface area contributed by atoms with Crippen LogP contribution in [0.4, 0.5) is 0 Å². The van der Waals surface area contributed by atoms with Crippen LogP contribution in [-0.4, -0.2) is 70.2 Å². The van der Waals surface area contributed by atoms with Crippen LogP contribution in [0.15, 0.2) is 27.6 Å². The lowest BCUT2D eigenvalue weighted by atomic mass is 9.96. The molecule has 1 atom stereocenters. The highest BCUT2D eigenvalue weighted by atomic mass is 79.9. The summed E-state index contributed by atoms with van der Waals surface area (Å²) in [5.74, 6) is -0.0222. The molecule has 0 saturated carbocycles. The van der Waals surface area contributed by atoms with Crippen molar-refractivity contribution in [1.29, 1.82) is 0 Å². The van der Waals surface area contributed by atoms with Gasteiger partial charge in [0.2, 0.25) is 10.0 Å². The number of piperidine rings is 1. The summed E-state index contributed by atoms with van der Waals surface area (Å²) >= 11 is 3.27. The molecule has 3 rings (SSSR count). The summed E-state index contributed by atoms with van der Waals surface area (Å²) in [5, 5.41) is 0. The lowest BCUT2D eigenvalue weighted by molar-refractivity contribution is -0.0969. The van der Waals surface area contributed by atoms with Crippen molar-refractivity contribution in [3.63, 3.8) is 0 Å².